The second kappa shape index (κ2) is 6.18. The molecule has 1 saturated carbocycles. The van der Waals surface area contributed by atoms with Crippen LogP contribution < -0.4 is 5.32 Å². The molecule has 1 saturated heterocycles. The van der Waals surface area contributed by atoms with Gasteiger partial charge in [0.2, 0.25) is 11.8 Å². The van der Waals surface area contributed by atoms with Gasteiger partial charge in [-0.2, -0.15) is 0 Å². The third kappa shape index (κ3) is 3.98. The summed E-state index contributed by atoms with van der Waals surface area (Å²) in [5, 5.41) is 2.74. The average molecular weight is 254 g/mol. The Morgan fingerprint density at radius 1 is 1.44 bits per heavy atom. The highest BCUT2D eigenvalue weighted by Gasteiger charge is 2.26. The van der Waals surface area contributed by atoms with Gasteiger partial charge in [-0.3, -0.25) is 9.59 Å². The number of carbonyl (C=O) groups is 2. The molecule has 0 aromatic rings. The molecule has 1 N–H and O–H groups in total. The smallest absolute Gasteiger partial charge is 0.227 e. The van der Waals surface area contributed by atoms with Crippen LogP contribution in [-0.4, -0.2) is 50.1 Å². The first-order chi connectivity index (χ1) is 8.66. The molecule has 5 nitrogen and oxygen atoms in total. The number of hydrogen-bond donors (Lipinski definition) is 1. The van der Waals surface area contributed by atoms with Crippen LogP contribution in [0, 0.1) is 11.8 Å². The van der Waals surface area contributed by atoms with Gasteiger partial charge in [0.05, 0.1) is 12.5 Å². The molecule has 1 atom stereocenters. The third-order valence-electron chi connectivity index (χ3n) is 3.61. The molecule has 2 amide bonds. The zero-order valence-corrected chi connectivity index (χ0v) is 11.0. The number of hydrogen-bond acceptors (Lipinski definition) is 3. The maximum absolute atomic E-state index is 12.1. The van der Waals surface area contributed by atoms with E-state index in [2.05, 4.69) is 5.32 Å². The van der Waals surface area contributed by atoms with Crippen molar-refractivity contribution in [2.75, 3.05) is 33.4 Å². The largest absolute Gasteiger partial charge is 0.379 e. The van der Waals surface area contributed by atoms with Gasteiger partial charge in [0.1, 0.15) is 0 Å². The van der Waals surface area contributed by atoms with Crippen LogP contribution in [0.4, 0.5) is 0 Å². The number of ether oxygens (including phenoxy) is 1. The molecule has 1 unspecified atom stereocenters. The van der Waals surface area contributed by atoms with Crippen LogP contribution in [0.25, 0.3) is 0 Å². The standard InChI is InChI=1S/C13H22N2O3/c1-15(6-7-18-9-10-2-3-10)13(17)11-4-5-12(16)14-8-11/h10-11H,2-9H2,1H3,(H,14,16). The molecule has 18 heavy (non-hydrogen) atoms. The molecule has 0 aromatic carbocycles. The van der Waals surface area contributed by atoms with Crippen molar-refractivity contribution in [2.45, 2.75) is 25.7 Å². The van der Waals surface area contributed by atoms with Gasteiger partial charge in [-0.1, -0.05) is 0 Å². The fourth-order valence-electron chi connectivity index (χ4n) is 2.10. The highest BCUT2D eigenvalue weighted by molar-refractivity contribution is 5.83. The summed E-state index contributed by atoms with van der Waals surface area (Å²) in [6.07, 6.45) is 3.70. The number of rotatable bonds is 6. The molecule has 0 spiro atoms. The second-order valence-electron chi connectivity index (χ2n) is 5.32. The Kier molecular flexibility index (Phi) is 4.58. The minimum atomic E-state index is -0.0591. The van der Waals surface area contributed by atoms with E-state index in [0.29, 0.717) is 32.5 Å². The minimum Gasteiger partial charge on any atom is -0.379 e. The molecule has 1 aliphatic heterocycles. The van der Waals surface area contributed by atoms with Crippen LogP contribution in [0.15, 0.2) is 0 Å². The lowest BCUT2D eigenvalue weighted by atomic mass is 9.98. The molecular weight excluding hydrogens is 232 g/mol. The maximum Gasteiger partial charge on any atom is 0.227 e. The summed E-state index contributed by atoms with van der Waals surface area (Å²) in [7, 11) is 1.80. The first-order valence-corrected chi connectivity index (χ1v) is 6.76. The lowest BCUT2D eigenvalue weighted by Gasteiger charge is -2.26. The van der Waals surface area contributed by atoms with Crippen molar-refractivity contribution in [3.8, 4) is 0 Å². The molecule has 1 heterocycles. The van der Waals surface area contributed by atoms with E-state index in [4.69, 9.17) is 4.74 Å². The normalized spacial score (nSPS) is 23.6. The topological polar surface area (TPSA) is 58.6 Å². The Hall–Kier alpha value is -1.10. The summed E-state index contributed by atoms with van der Waals surface area (Å²) in [5.74, 6) is 0.871. The van der Waals surface area contributed by atoms with Crippen LogP contribution in [0.3, 0.4) is 0 Å². The SMILES string of the molecule is CN(CCOCC1CC1)C(=O)C1CCC(=O)NC1. The van der Waals surface area contributed by atoms with Crippen molar-refractivity contribution in [2.24, 2.45) is 11.8 Å². The van der Waals surface area contributed by atoms with Crippen LogP contribution in [0.5, 0.6) is 0 Å². The maximum atomic E-state index is 12.1. The molecule has 0 aromatic heterocycles. The number of nitrogens with zero attached hydrogens (tertiary/aromatic N) is 1. The summed E-state index contributed by atoms with van der Waals surface area (Å²) in [5.41, 5.74) is 0. The van der Waals surface area contributed by atoms with Gasteiger partial charge in [-0.25, -0.2) is 0 Å². The minimum absolute atomic E-state index is 0.0504. The quantitative estimate of drug-likeness (QED) is 0.698. The van der Waals surface area contributed by atoms with Crippen molar-refractivity contribution in [1.29, 1.82) is 0 Å². The zero-order chi connectivity index (χ0) is 13.0. The van der Waals surface area contributed by atoms with E-state index >= 15 is 0 Å². The fraction of sp³-hybridized carbons (Fsp3) is 0.846. The number of likely N-dealkylation sites (N-methyl/N-ethyl adjacent to an activating group) is 1. The Morgan fingerprint density at radius 3 is 2.83 bits per heavy atom. The molecule has 2 fully saturated rings. The lowest BCUT2D eigenvalue weighted by Crippen LogP contribution is -2.44. The number of amides is 2. The Morgan fingerprint density at radius 2 is 2.22 bits per heavy atom. The van der Waals surface area contributed by atoms with Crippen molar-refractivity contribution in [3.05, 3.63) is 0 Å². The summed E-state index contributed by atoms with van der Waals surface area (Å²) in [6.45, 7) is 2.56. The third-order valence-corrected chi connectivity index (χ3v) is 3.61. The van der Waals surface area contributed by atoms with E-state index in [1.54, 1.807) is 11.9 Å². The van der Waals surface area contributed by atoms with Crippen LogP contribution in [0.2, 0.25) is 0 Å². The molecular formula is C13H22N2O3. The molecule has 2 aliphatic rings. The number of carbonyl (C=O) groups excluding carboxylic acids is 2. The summed E-state index contributed by atoms with van der Waals surface area (Å²) < 4.78 is 5.52. The number of piperidine rings is 1. The number of nitrogens with one attached hydrogen (secondary N) is 1. The second-order valence-corrected chi connectivity index (χ2v) is 5.32. The Bertz CT molecular complexity index is 305. The van der Waals surface area contributed by atoms with Crippen molar-refractivity contribution in [1.82, 2.24) is 10.2 Å². The van der Waals surface area contributed by atoms with E-state index in [0.717, 1.165) is 12.5 Å². The zero-order valence-electron chi connectivity index (χ0n) is 11.0. The molecule has 102 valence electrons. The van der Waals surface area contributed by atoms with Gasteiger partial charge in [0, 0.05) is 33.2 Å². The van der Waals surface area contributed by atoms with Gasteiger partial charge in [0.15, 0.2) is 0 Å². The van der Waals surface area contributed by atoms with E-state index < -0.39 is 0 Å². The molecule has 0 bridgehead atoms. The molecule has 2 rings (SSSR count). The average Bonchev–Trinajstić information content (AvgIpc) is 3.18. The van der Waals surface area contributed by atoms with Crippen LogP contribution >= 0.6 is 0 Å². The monoisotopic (exact) mass is 254 g/mol. The van der Waals surface area contributed by atoms with Gasteiger partial charge < -0.3 is 15.0 Å². The predicted octanol–water partition coefficient (Wildman–Crippen LogP) is 0.398. The summed E-state index contributed by atoms with van der Waals surface area (Å²) in [6, 6.07) is 0. The predicted molar refractivity (Wildman–Crippen MR) is 66.9 cm³/mol. The summed E-state index contributed by atoms with van der Waals surface area (Å²) >= 11 is 0. The van der Waals surface area contributed by atoms with Gasteiger partial charge >= 0.3 is 0 Å². The van der Waals surface area contributed by atoms with Crippen molar-refractivity contribution in [3.63, 3.8) is 0 Å². The van der Waals surface area contributed by atoms with Crippen LogP contribution in [-0.2, 0) is 14.3 Å². The first-order valence-electron chi connectivity index (χ1n) is 6.76. The molecule has 1 aliphatic carbocycles. The van der Waals surface area contributed by atoms with Crippen LogP contribution in [0.1, 0.15) is 25.7 Å². The first kappa shape index (κ1) is 13.3. The van der Waals surface area contributed by atoms with Crippen molar-refractivity contribution < 1.29 is 14.3 Å². The van der Waals surface area contributed by atoms with E-state index in [1.165, 1.54) is 12.8 Å². The molecule has 0 radical (unpaired) electrons. The van der Waals surface area contributed by atoms with Gasteiger partial charge in [0.25, 0.3) is 0 Å². The van der Waals surface area contributed by atoms with E-state index in [9.17, 15) is 9.59 Å². The van der Waals surface area contributed by atoms with E-state index in [1.807, 2.05) is 0 Å². The highest BCUT2D eigenvalue weighted by atomic mass is 16.5. The fourth-order valence-corrected chi connectivity index (χ4v) is 2.10. The van der Waals surface area contributed by atoms with E-state index in [-0.39, 0.29) is 17.7 Å². The molecule has 5 heteroatoms. The summed E-state index contributed by atoms with van der Waals surface area (Å²) in [4.78, 5) is 24.8. The van der Waals surface area contributed by atoms with Gasteiger partial charge in [-0.05, 0) is 25.2 Å². The Balaban J connectivity index is 1.62. The van der Waals surface area contributed by atoms with Gasteiger partial charge in [-0.15, -0.1) is 0 Å². The lowest BCUT2D eigenvalue weighted by molar-refractivity contribution is -0.136. The highest BCUT2D eigenvalue weighted by Crippen LogP contribution is 2.28. The van der Waals surface area contributed by atoms with Crippen molar-refractivity contribution >= 4 is 11.8 Å². The Labute approximate surface area is 108 Å².